The number of aromatic nitrogens is 2. The highest BCUT2D eigenvalue weighted by molar-refractivity contribution is 6.04. The summed E-state index contributed by atoms with van der Waals surface area (Å²) in [6.07, 6.45) is 6.58. The molecule has 38 heavy (non-hydrogen) atoms. The van der Waals surface area contributed by atoms with Crippen LogP contribution < -0.4 is 10.1 Å². The fourth-order valence-corrected chi connectivity index (χ4v) is 4.60. The lowest BCUT2D eigenvalue weighted by Gasteiger charge is -2.34. The Morgan fingerprint density at radius 2 is 1.84 bits per heavy atom. The van der Waals surface area contributed by atoms with Crippen LogP contribution in [0.3, 0.4) is 0 Å². The average molecular weight is 518 g/mol. The maximum Gasteiger partial charge on any atom is 0.255 e. The monoisotopic (exact) mass is 517 g/mol. The number of carbonyl (C=O) groups is 2. The van der Waals surface area contributed by atoms with Crippen LogP contribution in [0, 0.1) is 5.92 Å². The molecule has 0 unspecified atom stereocenters. The average Bonchev–Trinajstić information content (AvgIpc) is 2.97. The number of hydrogen-bond acceptors (Lipinski definition) is 7. The lowest BCUT2D eigenvalue weighted by Crippen LogP contribution is -2.47. The van der Waals surface area contributed by atoms with E-state index in [1.165, 1.54) is 0 Å². The van der Waals surface area contributed by atoms with Crippen molar-refractivity contribution in [3.8, 4) is 5.75 Å². The minimum Gasteiger partial charge on any atom is -0.488 e. The van der Waals surface area contributed by atoms with Gasteiger partial charge in [0.1, 0.15) is 11.9 Å². The van der Waals surface area contributed by atoms with E-state index in [-0.39, 0.29) is 42.9 Å². The topological polar surface area (TPSA) is 108 Å². The Kier molecular flexibility index (Phi) is 9.04. The summed E-state index contributed by atoms with van der Waals surface area (Å²) in [4.78, 5) is 38.1. The van der Waals surface area contributed by atoms with Gasteiger partial charge < -0.3 is 20.1 Å². The molecule has 0 radical (unpaired) electrons. The van der Waals surface area contributed by atoms with Gasteiger partial charge in [-0.05, 0) is 62.0 Å². The van der Waals surface area contributed by atoms with Gasteiger partial charge in [0, 0.05) is 67.2 Å². The van der Waals surface area contributed by atoms with E-state index >= 15 is 0 Å². The highest BCUT2D eigenvalue weighted by Crippen LogP contribution is 2.29. The third kappa shape index (κ3) is 6.93. The number of aliphatic hydroxyl groups excluding tert-OH is 1. The number of anilines is 1. The molecule has 1 aromatic carbocycles. The fraction of sp³-hybridized carbons (Fsp3) is 0.379. The van der Waals surface area contributed by atoms with Crippen molar-refractivity contribution in [3.63, 3.8) is 0 Å². The number of aliphatic hydroxyl groups is 1. The zero-order chi connectivity index (χ0) is 27.1. The summed E-state index contributed by atoms with van der Waals surface area (Å²) < 4.78 is 6.58. The van der Waals surface area contributed by atoms with E-state index < -0.39 is 0 Å². The van der Waals surface area contributed by atoms with Gasteiger partial charge in [0.05, 0.1) is 19.1 Å². The standard InChI is InChI=1S/C29H35N5O4/c1-20-16-34(21(2)19-35)28(36)15-24-14-25(32-29(37)23-8-12-31-13-9-23)4-5-26(24)38-27(20)18-33(3)17-22-6-10-30-11-7-22/h4-14,20-21,27,35H,15-19H2,1-3H3,(H,32,37)/t20-,21-,27+/m0/s1. The molecule has 4 rings (SSSR count). The number of amides is 2. The molecule has 0 bridgehead atoms. The predicted octanol–water partition coefficient (Wildman–Crippen LogP) is 3.01. The molecule has 9 heteroatoms. The molecule has 0 aliphatic carbocycles. The maximum atomic E-state index is 13.4. The molecule has 2 aromatic heterocycles. The largest absolute Gasteiger partial charge is 0.488 e. The summed E-state index contributed by atoms with van der Waals surface area (Å²) in [5, 5.41) is 12.8. The molecule has 3 atom stereocenters. The molecule has 0 saturated carbocycles. The first kappa shape index (κ1) is 27.2. The van der Waals surface area contributed by atoms with Crippen LogP contribution in [0.1, 0.15) is 35.3 Å². The molecule has 200 valence electrons. The molecule has 2 N–H and O–H groups in total. The number of pyridine rings is 2. The van der Waals surface area contributed by atoms with E-state index in [4.69, 9.17) is 4.74 Å². The Balaban J connectivity index is 1.60. The Morgan fingerprint density at radius 3 is 2.53 bits per heavy atom. The van der Waals surface area contributed by atoms with Crippen LogP contribution in [0.2, 0.25) is 0 Å². The van der Waals surface area contributed by atoms with Gasteiger partial charge in [-0.3, -0.25) is 24.5 Å². The van der Waals surface area contributed by atoms with Gasteiger partial charge >= 0.3 is 0 Å². The second-order valence-electron chi connectivity index (χ2n) is 9.95. The minimum absolute atomic E-state index is 0.00450. The van der Waals surface area contributed by atoms with Gasteiger partial charge in [0.2, 0.25) is 5.91 Å². The fourth-order valence-electron chi connectivity index (χ4n) is 4.60. The second kappa shape index (κ2) is 12.6. The predicted molar refractivity (Wildman–Crippen MR) is 145 cm³/mol. The van der Waals surface area contributed by atoms with Crippen LogP contribution in [0.5, 0.6) is 5.75 Å². The minimum atomic E-state index is -0.323. The Bertz CT molecular complexity index is 1220. The maximum absolute atomic E-state index is 13.4. The zero-order valence-corrected chi connectivity index (χ0v) is 22.1. The molecule has 0 spiro atoms. The number of fused-ring (bicyclic) bond motifs is 1. The lowest BCUT2D eigenvalue weighted by molar-refractivity contribution is -0.134. The number of nitrogens with one attached hydrogen (secondary N) is 1. The molecule has 1 aliphatic heterocycles. The molecule has 1 aliphatic rings. The number of likely N-dealkylation sites (N-methyl/N-ethyl adjacent to an activating group) is 1. The van der Waals surface area contributed by atoms with Gasteiger partial charge in [-0.1, -0.05) is 6.92 Å². The lowest BCUT2D eigenvalue weighted by atomic mass is 10.0. The smallest absolute Gasteiger partial charge is 0.255 e. The van der Waals surface area contributed by atoms with Crippen molar-refractivity contribution < 1.29 is 19.4 Å². The van der Waals surface area contributed by atoms with Gasteiger partial charge in [-0.25, -0.2) is 0 Å². The highest BCUT2D eigenvalue weighted by Gasteiger charge is 2.31. The molecule has 2 amide bonds. The van der Waals surface area contributed by atoms with Crippen molar-refractivity contribution in [3.05, 3.63) is 83.9 Å². The van der Waals surface area contributed by atoms with Crippen LogP contribution in [-0.4, -0.2) is 75.6 Å². The van der Waals surface area contributed by atoms with E-state index in [9.17, 15) is 14.7 Å². The van der Waals surface area contributed by atoms with Crippen LogP contribution in [0.4, 0.5) is 5.69 Å². The Hall–Kier alpha value is -3.82. The van der Waals surface area contributed by atoms with Crippen molar-refractivity contribution in [1.29, 1.82) is 0 Å². The SMILES string of the molecule is C[C@H]1CN([C@@H](C)CO)C(=O)Cc2cc(NC(=O)c3ccncc3)ccc2O[C@@H]1CN(C)Cc1ccncc1. The van der Waals surface area contributed by atoms with Gasteiger partial charge in [-0.15, -0.1) is 0 Å². The number of ether oxygens (including phenoxy) is 1. The summed E-state index contributed by atoms with van der Waals surface area (Å²) >= 11 is 0. The second-order valence-corrected chi connectivity index (χ2v) is 9.95. The van der Waals surface area contributed by atoms with Crippen molar-refractivity contribution in [2.24, 2.45) is 5.92 Å². The number of benzene rings is 1. The molecular formula is C29H35N5O4. The summed E-state index contributed by atoms with van der Waals surface area (Å²) in [6.45, 7) is 5.63. The molecule has 3 aromatic rings. The third-order valence-electron chi connectivity index (χ3n) is 6.81. The summed E-state index contributed by atoms with van der Waals surface area (Å²) in [7, 11) is 2.04. The van der Waals surface area contributed by atoms with Crippen molar-refractivity contribution in [2.45, 2.75) is 39.0 Å². The summed E-state index contributed by atoms with van der Waals surface area (Å²) in [5.41, 5.74) is 2.90. The van der Waals surface area contributed by atoms with Crippen molar-refractivity contribution >= 4 is 17.5 Å². The first-order chi connectivity index (χ1) is 18.3. The molecule has 3 heterocycles. The van der Waals surface area contributed by atoms with Crippen LogP contribution in [-0.2, 0) is 17.8 Å². The first-order valence-electron chi connectivity index (χ1n) is 12.8. The van der Waals surface area contributed by atoms with E-state index in [1.54, 1.807) is 54.0 Å². The van der Waals surface area contributed by atoms with Gasteiger partial charge in [0.15, 0.2) is 0 Å². The summed E-state index contributed by atoms with van der Waals surface area (Å²) in [5.74, 6) is 0.270. The van der Waals surface area contributed by atoms with Gasteiger partial charge in [0.25, 0.3) is 5.91 Å². The number of hydrogen-bond donors (Lipinski definition) is 2. The Morgan fingerprint density at radius 1 is 1.16 bits per heavy atom. The summed E-state index contributed by atoms with van der Waals surface area (Å²) in [6, 6.07) is 12.3. The van der Waals surface area contributed by atoms with E-state index in [0.29, 0.717) is 35.7 Å². The molecular weight excluding hydrogens is 482 g/mol. The molecule has 0 fully saturated rings. The number of nitrogens with zero attached hydrogens (tertiary/aromatic N) is 4. The van der Waals surface area contributed by atoms with Crippen LogP contribution in [0.25, 0.3) is 0 Å². The van der Waals surface area contributed by atoms with Crippen molar-refractivity contribution in [1.82, 2.24) is 19.8 Å². The Labute approximate surface area is 223 Å². The third-order valence-corrected chi connectivity index (χ3v) is 6.81. The number of rotatable bonds is 8. The normalized spacial score (nSPS) is 18.6. The van der Waals surface area contributed by atoms with E-state index in [1.807, 2.05) is 32.2 Å². The van der Waals surface area contributed by atoms with Crippen LogP contribution in [0.15, 0.2) is 67.3 Å². The van der Waals surface area contributed by atoms with Gasteiger partial charge in [-0.2, -0.15) is 0 Å². The highest BCUT2D eigenvalue weighted by atomic mass is 16.5. The molecule has 9 nitrogen and oxygen atoms in total. The molecule has 0 saturated heterocycles. The first-order valence-corrected chi connectivity index (χ1v) is 12.8. The van der Waals surface area contributed by atoms with Crippen LogP contribution >= 0.6 is 0 Å². The number of carbonyl (C=O) groups excluding carboxylic acids is 2. The quantitative estimate of drug-likeness (QED) is 0.473. The van der Waals surface area contributed by atoms with Crippen molar-refractivity contribution in [2.75, 3.05) is 32.1 Å². The zero-order valence-electron chi connectivity index (χ0n) is 22.1. The van der Waals surface area contributed by atoms with E-state index in [0.717, 1.165) is 12.1 Å². The van der Waals surface area contributed by atoms with E-state index in [2.05, 4.69) is 27.1 Å².